The Bertz CT molecular complexity index is 2440. The molecule has 0 aliphatic heterocycles. The summed E-state index contributed by atoms with van der Waals surface area (Å²) >= 11 is 0. The van der Waals surface area contributed by atoms with Crippen molar-refractivity contribution in [3.05, 3.63) is 165 Å². The van der Waals surface area contributed by atoms with Crippen LogP contribution < -0.4 is 4.74 Å². The second-order valence-electron chi connectivity index (χ2n) is 14.2. The molecule has 0 aliphatic carbocycles. The first kappa shape index (κ1) is 44.4. The molecule has 5 aromatic carbocycles. The molecule has 1 N–H and O–H groups in total. The fourth-order valence-corrected chi connectivity index (χ4v) is 6.11. The topological polar surface area (TPSA) is 173 Å². The predicted octanol–water partition coefficient (Wildman–Crippen LogP) is 8.40. The van der Waals surface area contributed by atoms with Crippen molar-refractivity contribution in [2.24, 2.45) is 5.41 Å². The number of carbonyl (C=O) groups excluding carboxylic acids is 4. The number of phenolic OH excluding ortho intramolecular Hbond substituents is 1. The highest BCUT2D eigenvalue weighted by Gasteiger charge is 2.38. The summed E-state index contributed by atoms with van der Waals surface area (Å²) in [5.41, 5.74) is 4.36. The third kappa shape index (κ3) is 11.8. The van der Waals surface area contributed by atoms with Crippen molar-refractivity contribution in [1.29, 1.82) is 0 Å². The van der Waals surface area contributed by atoms with E-state index < -0.39 is 61.8 Å². The lowest BCUT2D eigenvalue weighted by atomic mass is 9.92. The molecule has 6 rings (SSSR count). The van der Waals surface area contributed by atoms with E-state index in [2.05, 4.69) is 19.7 Å². The zero-order valence-corrected chi connectivity index (χ0v) is 34.3. The Kier molecular flexibility index (Phi) is 14.7. The van der Waals surface area contributed by atoms with E-state index in [0.717, 1.165) is 51.6 Å². The minimum absolute atomic E-state index is 0.106. The number of benzene rings is 5. The molecule has 0 bridgehead atoms. The highest BCUT2D eigenvalue weighted by molar-refractivity contribution is 5.82. The number of hydrogen-bond acceptors (Lipinski definition) is 13. The fraction of sp³-hybridized carbons (Fsp3) is 0.140. The fourth-order valence-electron chi connectivity index (χ4n) is 6.11. The first-order valence-electron chi connectivity index (χ1n) is 19.6. The van der Waals surface area contributed by atoms with Crippen LogP contribution in [-0.4, -0.2) is 76.5 Å². The average Bonchev–Trinajstić information content (AvgIpc) is 3.33. The van der Waals surface area contributed by atoms with Crippen molar-refractivity contribution in [3.8, 4) is 67.9 Å². The van der Waals surface area contributed by atoms with Gasteiger partial charge in [-0.1, -0.05) is 129 Å². The van der Waals surface area contributed by atoms with Crippen LogP contribution in [0.5, 0.6) is 11.5 Å². The van der Waals surface area contributed by atoms with E-state index in [1.54, 1.807) is 6.07 Å². The van der Waals surface area contributed by atoms with Gasteiger partial charge in [0, 0.05) is 35.4 Å². The highest BCUT2D eigenvalue weighted by atomic mass is 16.6. The number of ether oxygens (including phenoxy) is 5. The second-order valence-corrected chi connectivity index (χ2v) is 14.2. The molecule has 13 heteroatoms. The molecule has 13 nitrogen and oxygen atoms in total. The molecular formula is C50H43N3O10. The Morgan fingerprint density at radius 1 is 0.540 bits per heavy atom. The maximum Gasteiger partial charge on any atom is 0.347 e. The van der Waals surface area contributed by atoms with Crippen LogP contribution in [0.1, 0.15) is 6.92 Å². The maximum atomic E-state index is 13.3. The summed E-state index contributed by atoms with van der Waals surface area (Å²) in [5, 5.41) is 11.4. The molecule has 6 aromatic rings. The van der Waals surface area contributed by atoms with Crippen LogP contribution in [0.2, 0.25) is 0 Å². The molecule has 0 saturated carbocycles. The summed E-state index contributed by atoms with van der Waals surface area (Å²) in [4.78, 5) is 63.6. The second kappa shape index (κ2) is 20.9. The molecule has 0 radical (unpaired) electrons. The lowest BCUT2D eigenvalue weighted by molar-refractivity contribution is -0.169. The normalized spacial score (nSPS) is 11.3. The van der Waals surface area contributed by atoms with Gasteiger partial charge in [-0.3, -0.25) is 0 Å². The van der Waals surface area contributed by atoms with Gasteiger partial charge in [-0.05, 0) is 41.3 Å². The number of rotatable bonds is 19. The summed E-state index contributed by atoms with van der Waals surface area (Å²) in [6.07, 6.45) is 1.48. The molecule has 0 aliphatic rings. The van der Waals surface area contributed by atoms with E-state index in [1.165, 1.54) is 19.1 Å². The third-order valence-electron chi connectivity index (χ3n) is 9.57. The predicted molar refractivity (Wildman–Crippen MR) is 236 cm³/mol. The van der Waals surface area contributed by atoms with Crippen LogP contribution in [0, 0.1) is 5.41 Å². The molecule has 0 amide bonds. The standard InChI is InChI=1S/C50H43N3O10/c1-5-43(55)59-29-50(30-60-44(56)6-2,31-61-45(57)7-3)32-62-49(58)33(4)63-40-26-27-41(42(54)28-40)48-52-46(38-22-18-36(19-23-38)34-14-10-8-11-15-34)51-47(53-48)39-24-20-37(21-25-39)35-16-12-9-13-17-35/h5-28,33,54H,1-3,29-32H2,4H3. The van der Waals surface area contributed by atoms with Crippen LogP contribution in [0.15, 0.2) is 165 Å². The van der Waals surface area contributed by atoms with Crippen molar-refractivity contribution in [2.45, 2.75) is 13.0 Å². The van der Waals surface area contributed by atoms with E-state index >= 15 is 0 Å². The number of carbonyl (C=O) groups is 4. The zero-order valence-electron chi connectivity index (χ0n) is 34.3. The Morgan fingerprint density at radius 2 is 0.921 bits per heavy atom. The van der Waals surface area contributed by atoms with Crippen LogP contribution in [-0.2, 0) is 38.1 Å². The average molecular weight is 846 g/mol. The van der Waals surface area contributed by atoms with Gasteiger partial charge in [-0.15, -0.1) is 0 Å². The smallest absolute Gasteiger partial charge is 0.347 e. The van der Waals surface area contributed by atoms with Gasteiger partial charge in [-0.25, -0.2) is 34.1 Å². The van der Waals surface area contributed by atoms with Gasteiger partial charge in [0.05, 0.1) is 5.56 Å². The third-order valence-corrected chi connectivity index (χ3v) is 9.57. The van der Waals surface area contributed by atoms with Crippen LogP contribution in [0.25, 0.3) is 56.4 Å². The molecule has 0 saturated heterocycles. The monoisotopic (exact) mass is 845 g/mol. The summed E-state index contributed by atoms with van der Waals surface area (Å²) in [5.74, 6) is -2.54. The summed E-state index contributed by atoms with van der Waals surface area (Å²) < 4.78 is 27.0. The minimum Gasteiger partial charge on any atom is -0.507 e. The van der Waals surface area contributed by atoms with Gasteiger partial charge in [0.15, 0.2) is 23.6 Å². The Balaban J connectivity index is 1.24. The SMILES string of the molecule is C=CC(=O)OCC(COC(=O)C=C)(COC(=O)C=C)COC(=O)C(C)Oc1ccc(-c2nc(-c3ccc(-c4ccccc4)cc3)nc(-c3ccc(-c4ccccc4)cc3)n2)c(O)c1. The molecule has 63 heavy (non-hydrogen) atoms. The van der Waals surface area contributed by atoms with Crippen molar-refractivity contribution in [1.82, 2.24) is 15.0 Å². The van der Waals surface area contributed by atoms with Crippen molar-refractivity contribution in [3.63, 3.8) is 0 Å². The Morgan fingerprint density at radius 3 is 1.33 bits per heavy atom. The number of esters is 4. The van der Waals surface area contributed by atoms with E-state index in [-0.39, 0.29) is 22.9 Å². The van der Waals surface area contributed by atoms with Gasteiger partial charge in [0.25, 0.3) is 0 Å². The van der Waals surface area contributed by atoms with Gasteiger partial charge in [-0.2, -0.15) is 0 Å². The molecule has 1 atom stereocenters. The van der Waals surface area contributed by atoms with Gasteiger partial charge < -0.3 is 28.8 Å². The van der Waals surface area contributed by atoms with E-state index in [1.807, 2.05) is 109 Å². The molecule has 318 valence electrons. The van der Waals surface area contributed by atoms with E-state index in [0.29, 0.717) is 11.6 Å². The molecule has 1 heterocycles. The first-order chi connectivity index (χ1) is 30.5. The lowest BCUT2D eigenvalue weighted by Gasteiger charge is -2.31. The van der Waals surface area contributed by atoms with Crippen molar-refractivity contribution in [2.75, 3.05) is 26.4 Å². The molecule has 0 spiro atoms. The van der Waals surface area contributed by atoms with E-state index in [4.69, 9.17) is 38.6 Å². The van der Waals surface area contributed by atoms with E-state index in [9.17, 15) is 24.3 Å². The highest BCUT2D eigenvalue weighted by Crippen LogP contribution is 2.34. The van der Waals surface area contributed by atoms with Crippen LogP contribution in [0.4, 0.5) is 0 Å². The molecule has 1 aromatic heterocycles. The summed E-state index contributed by atoms with van der Waals surface area (Å²) in [6.45, 7) is 9.45. The quantitative estimate of drug-likeness (QED) is 0.0468. The number of aromatic hydroxyl groups is 1. The largest absolute Gasteiger partial charge is 0.507 e. The molecular weight excluding hydrogens is 803 g/mol. The number of phenols is 1. The number of aromatic nitrogens is 3. The van der Waals surface area contributed by atoms with Crippen LogP contribution >= 0.6 is 0 Å². The first-order valence-corrected chi connectivity index (χ1v) is 19.6. The lowest BCUT2D eigenvalue weighted by Crippen LogP contribution is -2.44. The van der Waals surface area contributed by atoms with Gasteiger partial charge >= 0.3 is 23.9 Å². The molecule has 0 fully saturated rings. The van der Waals surface area contributed by atoms with Gasteiger partial charge in [0.1, 0.15) is 43.3 Å². The maximum absolute atomic E-state index is 13.3. The van der Waals surface area contributed by atoms with Crippen molar-refractivity contribution >= 4 is 23.9 Å². The minimum atomic E-state index is -1.54. The Labute approximate surface area is 364 Å². The van der Waals surface area contributed by atoms with Crippen molar-refractivity contribution < 1.29 is 48.0 Å². The van der Waals surface area contributed by atoms with Gasteiger partial charge in [0.2, 0.25) is 0 Å². The summed E-state index contributed by atoms with van der Waals surface area (Å²) in [7, 11) is 0. The number of nitrogens with zero attached hydrogens (tertiary/aromatic N) is 3. The molecule has 1 unspecified atom stereocenters. The zero-order chi connectivity index (χ0) is 44.8. The summed E-state index contributed by atoms with van der Waals surface area (Å²) in [6, 6.07) is 40.1. The Hall–Kier alpha value is -8.19. The number of hydrogen-bond donors (Lipinski definition) is 1. The van der Waals surface area contributed by atoms with Crippen LogP contribution in [0.3, 0.4) is 0 Å².